The van der Waals surface area contributed by atoms with Crippen molar-refractivity contribution in [2.75, 3.05) is 14.2 Å². The highest BCUT2D eigenvalue weighted by Crippen LogP contribution is 2.20. The van der Waals surface area contributed by atoms with Crippen molar-refractivity contribution in [1.82, 2.24) is 0 Å². The molecule has 1 aromatic carbocycles. The van der Waals surface area contributed by atoms with Crippen molar-refractivity contribution in [2.45, 2.75) is 12.8 Å². The van der Waals surface area contributed by atoms with Gasteiger partial charge < -0.3 is 9.47 Å². The van der Waals surface area contributed by atoms with E-state index in [0.717, 1.165) is 16.2 Å². The van der Waals surface area contributed by atoms with E-state index in [4.69, 9.17) is 4.74 Å². The molecule has 0 N–H and O–H groups in total. The van der Waals surface area contributed by atoms with E-state index >= 15 is 0 Å². The van der Waals surface area contributed by atoms with Gasteiger partial charge in [-0.1, -0.05) is 12.1 Å². The molecule has 0 spiro atoms. The Bertz CT molecular complexity index is 628. The van der Waals surface area contributed by atoms with Gasteiger partial charge in [-0.25, -0.2) is 0 Å². The van der Waals surface area contributed by atoms with Gasteiger partial charge in [-0.3, -0.25) is 9.59 Å². The molecule has 0 fully saturated rings. The molecule has 4 nitrogen and oxygen atoms in total. The molecule has 5 heteroatoms. The minimum absolute atomic E-state index is 0.0429. The topological polar surface area (TPSA) is 52.6 Å². The smallest absolute Gasteiger partial charge is 0.310 e. The van der Waals surface area contributed by atoms with Crippen LogP contribution < -0.4 is 4.74 Å². The molecule has 110 valence electrons. The molecule has 0 unspecified atom stereocenters. The number of hydrogen-bond acceptors (Lipinski definition) is 5. The number of ketones is 1. The number of carbonyl (C=O) groups excluding carboxylic acids is 2. The van der Waals surface area contributed by atoms with Gasteiger partial charge in [-0.15, -0.1) is 11.3 Å². The Morgan fingerprint density at radius 2 is 1.71 bits per heavy atom. The van der Waals surface area contributed by atoms with Crippen molar-refractivity contribution < 1.29 is 19.1 Å². The number of hydrogen-bond donors (Lipinski definition) is 0. The predicted octanol–water partition coefficient (Wildman–Crippen LogP) is 2.90. The number of ether oxygens (including phenoxy) is 2. The van der Waals surface area contributed by atoms with Crippen molar-refractivity contribution in [3.63, 3.8) is 0 Å². The molecule has 2 rings (SSSR count). The van der Waals surface area contributed by atoms with Crippen LogP contribution in [-0.2, 0) is 22.4 Å². The predicted molar refractivity (Wildman–Crippen MR) is 81.1 cm³/mol. The highest BCUT2D eigenvalue weighted by molar-refractivity contribution is 7.14. The molecule has 0 aliphatic carbocycles. The van der Waals surface area contributed by atoms with E-state index in [1.165, 1.54) is 18.4 Å². The maximum Gasteiger partial charge on any atom is 0.310 e. The number of methoxy groups -OCH3 is 2. The van der Waals surface area contributed by atoms with Gasteiger partial charge in [0.1, 0.15) is 5.75 Å². The zero-order valence-electron chi connectivity index (χ0n) is 11.9. The average Bonchev–Trinajstić information content (AvgIpc) is 2.96. The van der Waals surface area contributed by atoms with Crippen LogP contribution in [0.4, 0.5) is 0 Å². The van der Waals surface area contributed by atoms with Crippen LogP contribution in [-0.4, -0.2) is 26.0 Å². The number of thiophene rings is 1. The molecule has 0 atom stereocenters. The molecule has 0 saturated carbocycles. The van der Waals surface area contributed by atoms with Gasteiger partial charge in [0, 0.05) is 11.3 Å². The lowest BCUT2D eigenvalue weighted by molar-refractivity contribution is -0.139. The first-order valence-corrected chi connectivity index (χ1v) is 7.25. The second kappa shape index (κ2) is 7.04. The van der Waals surface area contributed by atoms with E-state index in [1.54, 1.807) is 19.2 Å². The largest absolute Gasteiger partial charge is 0.497 e. The van der Waals surface area contributed by atoms with Gasteiger partial charge >= 0.3 is 5.97 Å². The summed E-state index contributed by atoms with van der Waals surface area (Å²) in [5.41, 5.74) is 0.934. The van der Waals surface area contributed by atoms with E-state index in [-0.39, 0.29) is 18.2 Å². The number of Topliss-reactive ketones (excluding diaryl/α,β-unsaturated/α-hetero) is 1. The molecule has 2 aromatic rings. The second-order valence-electron chi connectivity index (χ2n) is 4.47. The molecular formula is C16H16O4S. The van der Waals surface area contributed by atoms with E-state index in [2.05, 4.69) is 4.74 Å². The maximum atomic E-state index is 12.2. The Morgan fingerprint density at radius 3 is 2.33 bits per heavy atom. The standard InChI is InChI=1S/C16H16O4S/c1-19-12-5-3-11(4-6-12)9-14(17)15-8-7-13(21-15)10-16(18)20-2/h3-8H,9-10H2,1-2H3. The van der Waals surface area contributed by atoms with Crippen LogP contribution in [0, 0.1) is 0 Å². The van der Waals surface area contributed by atoms with Crippen molar-refractivity contribution in [1.29, 1.82) is 0 Å². The van der Waals surface area contributed by atoms with Crippen LogP contribution in [0.1, 0.15) is 20.1 Å². The van der Waals surface area contributed by atoms with Crippen molar-refractivity contribution in [2.24, 2.45) is 0 Å². The Kier molecular flexibility index (Phi) is 5.11. The zero-order valence-corrected chi connectivity index (χ0v) is 12.7. The van der Waals surface area contributed by atoms with Gasteiger partial charge in [-0.2, -0.15) is 0 Å². The summed E-state index contributed by atoms with van der Waals surface area (Å²) in [6, 6.07) is 11.0. The van der Waals surface area contributed by atoms with Crippen LogP contribution in [0.3, 0.4) is 0 Å². The lowest BCUT2D eigenvalue weighted by atomic mass is 10.1. The molecular weight excluding hydrogens is 288 g/mol. The van der Waals surface area contributed by atoms with E-state index < -0.39 is 0 Å². The van der Waals surface area contributed by atoms with Gasteiger partial charge in [0.25, 0.3) is 0 Å². The van der Waals surface area contributed by atoms with Crippen LogP contribution in [0.2, 0.25) is 0 Å². The fourth-order valence-electron chi connectivity index (χ4n) is 1.85. The Balaban J connectivity index is 2.01. The van der Waals surface area contributed by atoms with E-state index in [0.29, 0.717) is 11.3 Å². The normalized spacial score (nSPS) is 10.2. The van der Waals surface area contributed by atoms with Crippen molar-refractivity contribution in [3.8, 4) is 5.75 Å². The summed E-state index contributed by atoms with van der Waals surface area (Å²) in [5.74, 6) is 0.509. The molecule has 0 saturated heterocycles. The highest BCUT2D eigenvalue weighted by Gasteiger charge is 2.12. The number of benzene rings is 1. The number of esters is 1. The highest BCUT2D eigenvalue weighted by atomic mass is 32.1. The summed E-state index contributed by atoms with van der Waals surface area (Å²) in [4.78, 5) is 24.9. The molecule has 21 heavy (non-hydrogen) atoms. The fraction of sp³-hybridized carbons (Fsp3) is 0.250. The Morgan fingerprint density at radius 1 is 1.00 bits per heavy atom. The monoisotopic (exact) mass is 304 g/mol. The van der Waals surface area contributed by atoms with Gasteiger partial charge in [0.15, 0.2) is 5.78 Å². The summed E-state index contributed by atoms with van der Waals surface area (Å²) >= 11 is 1.34. The van der Waals surface area contributed by atoms with Gasteiger partial charge in [-0.05, 0) is 29.8 Å². The van der Waals surface area contributed by atoms with Crippen LogP contribution in [0.5, 0.6) is 5.75 Å². The van der Waals surface area contributed by atoms with Gasteiger partial charge in [0.2, 0.25) is 0 Å². The second-order valence-corrected chi connectivity index (χ2v) is 5.64. The summed E-state index contributed by atoms with van der Waals surface area (Å²) in [6.07, 6.45) is 0.541. The summed E-state index contributed by atoms with van der Waals surface area (Å²) < 4.78 is 9.70. The van der Waals surface area contributed by atoms with Crippen LogP contribution in [0.15, 0.2) is 36.4 Å². The van der Waals surface area contributed by atoms with Crippen molar-refractivity contribution >= 4 is 23.1 Å². The Labute approximate surface area is 127 Å². The molecule has 0 amide bonds. The first-order chi connectivity index (χ1) is 10.1. The third kappa shape index (κ3) is 4.16. The van der Waals surface area contributed by atoms with Crippen molar-refractivity contribution in [3.05, 3.63) is 51.7 Å². The molecule has 0 bridgehead atoms. The quantitative estimate of drug-likeness (QED) is 0.608. The SMILES string of the molecule is COC(=O)Cc1ccc(C(=O)Cc2ccc(OC)cc2)s1. The van der Waals surface area contributed by atoms with Crippen LogP contribution in [0.25, 0.3) is 0 Å². The summed E-state index contributed by atoms with van der Waals surface area (Å²) in [7, 11) is 2.96. The minimum Gasteiger partial charge on any atom is -0.497 e. The first-order valence-electron chi connectivity index (χ1n) is 6.44. The number of carbonyl (C=O) groups is 2. The average molecular weight is 304 g/mol. The third-order valence-electron chi connectivity index (χ3n) is 3.01. The van der Waals surface area contributed by atoms with E-state index in [9.17, 15) is 9.59 Å². The first kappa shape index (κ1) is 15.3. The minimum atomic E-state index is -0.300. The Hall–Kier alpha value is -2.14. The molecule has 1 heterocycles. The lowest BCUT2D eigenvalue weighted by Gasteiger charge is -2.02. The van der Waals surface area contributed by atoms with E-state index in [1.807, 2.05) is 24.3 Å². The molecule has 0 radical (unpaired) electrons. The fourth-order valence-corrected chi connectivity index (χ4v) is 2.78. The summed E-state index contributed by atoms with van der Waals surface area (Å²) in [6.45, 7) is 0. The zero-order chi connectivity index (χ0) is 15.2. The third-order valence-corrected chi connectivity index (χ3v) is 4.13. The van der Waals surface area contributed by atoms with Gasteiger partial charge in [0.05, 0.1) is 25.5 Å². The lowest BCUT2D eigenvalue weighted by Crippen LogP contribution is -2.03. The molecule has 0 aliphatic heterocycles. The number of rotatable bonds is 6. The molecule has 0 aliphatic rings. The summed E-state index contributed by atoms with van der Waals surface area (Å²) in [5, 5.41) is 0. The maximum absolute atomic E-state index is 12.2. The molecule has 1 aromatic heterocycles. The van der Waals surface area contributed by atoms with Crippen LogP contribution >= 0.6 is 11.3 Å².